The summed E-state index contributed by atoms with van der Waals surface area (Å²) in [5.41, 5.74) is 0.244. The Bertz CT molecular complexity index is 478. The first-order chi connectivity index (χ1) is 10.2. The molecule has 0 aromatic heterocycles. The molecule has 3 nitrogen and oxygen atoms in total. The second-order valence-electron chi connectivity index (χ2n) is 4.22. The van der Waals surface area contributed by atoms with Crippen molar-refractivity contribution in [3.05, 3.63) is 48.1 Å². The van der Waals surface area contributed by atoms with Crippen LogP contribution in [0, 0.1) is 11.6 Å². The van der Waals surface area contributed by atoms with E-state index >= 15 is 0 Å². The third-order valence-electron chi connectivity index (χ3n) is 2.53. The van der Waals surface area contributed by atoms with Gasteiger partial charge in [-0.2, -0.15) is 11.8 Å². The fourth-order valence-corrected chi connectivity index (χ4v) is 2.16. The van der Waals surface area contributed by atoms with Crippen molar-refractivity contribution in [1.29, 1.82) is 0 Å². The lowest BCUT2D eigenvalue weighted by atomic mass is 10.2. The van der Waals surface area contributed by atoms with Gasteiger partial charge in [0.25, 0.3) is 0 Å². The molecular weight excluding hydrogens is 292 g/mol. The van der Waals surface area contributed by atoms with E-state index in [1.807, 2.05) is 13.0 Å². The van der Waals surface area contributed by atoms with Crippen LogP contribution in [0.5, 0.6) is 0 Å². The Morgan fingerprint density at radius 1 is 1.38 bits per heavy atom. The molecule has 0 amide bonds. The van der Waals surface area contributed by atoms with E-state index in [2.05, 4.69) is 22.2 Å². The van der Waals surface area contributed by atoms with Gasteiger partial charge < -0.3 is 10.6 Å². The van der Waals surface area contributed by atoms with Crippen LogP contribution in [0.3, 0.4) is 0 Å². The van der Waals surface area contributed by atoms with E-state index in [0.717, 1.165) is 30.2 Å². The van der Waals surface area contributed by atoms with E-state index in [0.29, 0.717) is 12.5 Å². The van der Waals surface area contributed by atoms with Crippen LogP contribution in [0.2, 0.25) is 0 Å². The van der Waals surface area contributed by atoms with Gasteiger partial charge in [-0.3, -0.25) is 0 Å². The smallest absolute Gasteiger partial charge is 0.191 e. The highest BCUT2D eigenvalue weighted by Gasteiger charge is 2.04. The molecular formula is C15H21F2N3S. The predicted octanol–water partition coefficient (Wildman–Crippen LogP) is 2.94. The Balaban J connectivity index is 2.54. The molecule has 0 fully saturated rings. The van der Waals surface area contributed by atoms with Crippen molar-refractivity contribution in [2.45, 2.75) is 13.5 Å². The second kappa shape index (κ2) is 10.2. The average Bonchev–Trinajstić information content (AvgIpc) is 2.47. The number of aliphatic imine (C=N–C) groups is 1. The predicted molar refractivity (Wildman–Crippen MR) is 86.7 cm³/mol. The van der Waals surface area contributed by atoms with Gasteiger partial charge in [0.1, 0.15) is 11.6 Å². The minimum absolute atomic E-state index is 0.0960. The summed E-state index contributed by atoms with van der Waals surface area (Å²) in [5, 5.41) is 6.22. The summed E-state index contributed by atoms with van der Waals surface area (Å²) in [6.45, 7) is 7.16. The quantitative estimate of drug-likeness (QED) is 0.335. The van der Waals surface area contributed by atoms with E-state index in [1.54, 1.807) is 11.8 Å². The Labute approximate surface area is 128 Å². The number of halogens is 2. The number of hydrogen-bond acceptors (Lipinski definition) is 2. The zero-order valence-corrected chi connectivity index (χ0v) is 13.0. The van der Waals surface area contributed by atoms with Crippen LogP contribution in [-0.2, 0) is 6.54 Å². The molecule has 0 atom stereocenters. The third-order valence-corrected chi connectivity index (χ3v) is 3.50. The summed E-state index contributed by atoms with van der Waals surface area (Å²) in [6, 6.07) is 3.39. The molecule has 0 aliphatic carbocycles. The number of benzene rings is 1. The summed E-state index contributed by atoms with van der Waals surface area (Å²) in [6.07, 6.45) is 1.86. The van der Waals surface area contributed by atoms with E-state index in [9.17, 15) is 8.78 Å². The maximum atomic E-state index is 13.5. The highest BCUT2D eigenvalue weighted by Crippen LogP contribution is 2.10. The van der Waals surface area contributed by atoms with Gasteiger partial charge >= 0.3 is 0 Å². The van der Waals surface area contributed by atoms with E-state index in [-0.39, 0.29) is 12.1 Å². The standard InChI is InChI=1S/C15H21F2N3S/c1-3-8-21-9-7-19-15(18-4-2)20-11-12-10-13(16)5-6-14(12)17/h3,5-6,10H,1,4,7-9,11H2,2H3,(H2,18,19,20). The Hall–Kier alpha value is -1.56. The molecule has 0 saturated carbocycles. The number of nitrogens with zero attached hydrogens (tertiary/aromatic N) is 1. The normalized spacial score (nSPS) is 11.3. The highest BCUT2D eigenvalue weighted by molar-refractivity contribution is 7.99. The van der Waals surface area contributed by atoms with Gasteiger partial charge in [0.2, 0.25) is 0 Å². The zero-order chi connectivity index (χ0) is 15.5. The van der Waals surface area contributed by atoms with E-state index in [1.165, 1.54) is 6.07 Å². The molecule has 0 aliphatic rings. The summed E-state index contributed by atoms with van der Waals surface area (Å²) >= 11 is 1.76. The fourth-order valence-electron chi connectivity index (χ4n) is 1.58. The number of hydrogen-bond donors (Lipinski definition) is 2. The molecule has 6 heteroatoms. The van der Waals surface area contributed by atoms with Crippen molar-refractivity contribution >= 4 is 17.7 Å². The SMILES string of the molecule is C=CCSCCNC(=NCc1cc(F)ccc1F)NCC. The molecule has 1 rings (SSSR count). The topological polar surface area (TPSA) is 36.4 Å². The fraction of sp³-hybridized carbons (Fsp3) is 0.400. The van der Waals surface area contributed by atoms with Gasteiger partial charge in [-0.25, -0.2) is 13.8 Å². The minimum atomic E-state index is -0.458. The molecule has 0 heterocycles. The van der Waals surface area contributed by atoms with Gasteiger partial charge in [0.15, 0.2) is 5.96 Å². The van der Waals surface area contributed by atoms with Crippen molar-refractivity contribution in [2.75, 3.05) is 24.6 Å². The van der Waals surface area contributed by atoms with Crippen LogP contribution in [0.1, 0.15) is 12.5 Å². The molecule has 0 radical (unpaired) electrons. The Morgan fingerprint density at radius 2 is 2.19 bits per heavy atom. The molecule has 0 unspecified atom stereocenters. The molecule has 2 N–H and O–H groups in total. The lowest BCUT2D eigenvalue weighted by Crippen LogP contribution is -2.38. The van der Waals surface area contributed by atoms with Crippen molar-refractivity contribution in [2.24, 2.45) is 4.99 Å². The number of guanidine groups is 1. The van der Waals surface area contributed by atoms with Crippen molar-refractivity contribution in [3.63, 3.8) is 0 Å². The Kier molecular flexibility index (Phi) is 8.50. The molecule has 0 saturated heterocycles. The molecule has 116 valence electrons. The monoisotopic (exact) mass is 313 g/mol. The van der Waals surface area contributed by atoms with Crippen LogP contribution in [-0.4, -0.2) is 30.6 Å². The van der Waals surface area contributed by atoms with E-state index in [4.69, 9.17) is 0 Å². The summed E-state index contributed by atoms with van der Waals surface area (Å²) in [4.78, 5) is 4.26. The van der Waals surface area contributed by atoms with Crippen molar-refractivity contribution < 1.29 is 8.78 Å². The molecule has 21 heavy (non-hydrogen) atoms. The molecule has 0 bridgehead atoms. The Morgan fingerprint density at radius 3 is 2.90 bits per heavy atom. The first-order valence-electron chi connectivity index (χ1n) is 6.82. The van der Waals surface area contributed by atoms with Gasteiger partial charge in [0.05, 0.1) is 6.54 Å². The maximum absolute atomic E-state index is 13.5. The van der Waals surface area contributed by atoms with Gasteiger partial charge in [0, 0.05) is 30.2 Å². The summed E-state index contributed by atoms with van der Waals surface area (Å²) in [7, 11) is 0. The van der Waals surface area contributed by atoms with Crippen molar-refractivity contribution in [1.82, 2.24) is 10.6 Å². The van der Waals surface area contributed by atoms with Crippen LogP contribution in [0.15, 0.2) is 35.8 Å². The summed E-state index contributed by atoms with van der Waals surface area (Å²) in [5.74, 6) is 1.52. The second-order valence-corrected chi connectivity index (χ2v) is 5.37. The van der Waals surface area contributed by atoms with Crippen LogP contribution < -0.4 is 10.6 Å². The van der Waals surface area contributed by atoms with Gasteiger partial charge in [-0.05, 0) is 25.1 Å². The minimum Gasteiger partial charge on any atom is -0.357 e. The first kappa shape index (κ1) is 17.5. The molecule has 0 aliphatic heterocycles. The highest BCUT2D eigenvalue weighted by atomic mass is 32.2. The average molecular weight is 313 g/mol. The van der Waals surface area contributed by atoms with Gasteiger partial charge in [-0.15, -0.1) is 6.58 Å². The third kappa shape index (κ3) is 7.13. The summed E-state index contributed by atoms with van der Waals surface area (Å²) < 4.78 is 26.6. The van der Waals surface area contributed by atoms with Crippen LogP contribution in [0.4, 0.5) is 8.78 Å². The first-order valence-corrected chi connectivity index (χ1v) is 7.97. The zero-order valence-electron chi connectivity index (χ0n) is 12.2. The lowest BCUT2D eigenvalue weighted by molar-refractivity contribution is 0.585. The molecule has 0 spiro atoms. The number of thioether (sulfide) groups is 1. The van der Waals surface area contributed by atoms with E-state index < -0.39 is 11.6 Å². The van der Waals surface area contributed by atoms with Crippen LogP contribution in [0.25, 0.3) is 0 Å². The van der Waals surface area contributed by atoms with Crippen LogP contribution >= 0.6 is 11.8 Å². The lowest BCUT2D eigenvalue weighted by Gasteiger charge is -2.11. The van der Waals surface area contributed by atoms with Crippen molar-refractivity contribution in [3.8, 4) is 0 Å². The molecule has 1 aromatic rings. The van der Waals surface area contributed by atoms with Gasteiger partial charge in [-0.1, -0.05) is 6.08 Å². The number of rotatable bonds is 8. The number of nitrogens with one attached hydrogen (secondary N) is 2. The largest absolute Gasteiger partial charge is 0.357 e. The maximum Gasteiger partial charge on any atom is 0.191 e. The molecule has 1 aromatic carbocycles.